The van der Waals surface area contributed by atoms with Crippen molar-refractivity contribution in [2.45, 2.75) is 32.6 Å². The average molecular weight is 238 g/mol. The molecule has 0 saturated carbocycles. The van der Waals surface area contributed by atoms with Crippen molar-refractivity contribution in [2.75, 3.05) is 6.61 Å². The fourth-order valence-electron chi connectivity index (χ4n) is 1.29. The van der Waals surface area contributed by atoms with Crippen LogP contribution in [0.2, 0.25) is 0 Å². The number of nitrogens with one attached hydrogen (secondary N) is 1. The molecule has 0 aliphatic carbocycles. The summed E-state index contributed by atoms with van der Waals surface area (Å²) in [6.07, 6.45) is 7.17. The lowest BCUT2D eigenvalue weighted by molar-refractivity contribution is 0.141. The number of aromatic amines is 1. The Hall–Kier alpha value is -1.78. The van der Waals surface area contributed by atoms with Crippen LogP contribution in [0.5, 0.6) is 5.75 Å². The molecule has 5 nitrogen and oxygen atoms in total. The SMILES string of the molecule is CCCCCCO/N=C/c1cc(=O)c(O)c[nH]1. The second kappa shape index (κ2) is 7.49. The Morgan fingerprint density at radius 2 is 2.29 bits per heavy atom. The van der Waals surface area contributed by atoms with Crippen LogP contribution in [-0.4, -0.2) is 22.9 Å². The molecule has 0 spiro atoms. The molecule has 0 bridgehead atoms. The third-order valence-electron chi connectivity index (χ3n) is 2.27. The van der Waals surface area contributed by atoms with Gasteiger partial charge < -0.3 is 14.9 Å². The lowest BCUT2D eigenvalue weighted by Gasteiger charge is -1.98. The molecule has 0 aliphatic heterocycles. The summed E-state index contributed by atoms with van der Waals surface area (Å²) in [7, 11) is 0. The summed E-state index contributed by atoms with van der Waals surface area (Å²) in [6.45, 7) is 2.74. The molecule has 5 heteroatoms. The third kappa shape index (κ3) is 5.19. The first-order chi connectivity index (χ1) is 8.24. The van der Waals surface area contributed by atoms with Crippen molar-refractivity contribution in [1.82, 2.24) is 4.98 Å². The van der Waals surface area contributed by atoms with Crippen molar-refractivity contribution in [3.8, 4) is 5.75 Å². The molecular weight excluding hydrogens is 220 g/mol. The molecule has 0 aliphatic rings. The smallest absolute Gasteiger partial charge is 0.223 e. The lowest BCUT2D eigenvalue weighted by Crippen LogP contribution is -2.02. The van der Waals surface area contributed by atoms with E-state index in [9.17, 15) is 4.79 Å². The number of unbranched alkanes of at least 4 members (excludes halogenated alkanes) is 3. The summed E-state index contributed by atoms with van der Waals surface area (Å²) in [4.78, 5) is 18.8. The lowest BCUT2D eigenvalue weighted by atomic mass is 10.2. The number of hydrogen-bond donors (Lipinski definition) is 2. The van der Waals surface area contributed by atoms with Crippen molar-refractivity contribution in [3.05, 3.63) is 28.2 Å². The molecule has 0 unspecified atom stereocenters. The van der Waals surface area contributed by atoms with E-state index in [1.807, 2.05) is 0 Å². The number of H-pyrrole nitrogens is 1. The van der Waals surface area contributed by atoms with Gasteiger partial charge in [0.05, 0.1) is 11.9 Å². The van der Waals surface area contributed by atoms with Crippen molar-refractivity contribution >= 4 is 6.21 Å². The number of nitrogens with zero attached hydrogens (tertiary/aromatic N) is 1. The summed E-state index contributed by atoms with van der Waals surface area (Å²) >= 11 is 0. The van der Waals surface area contributed by atoms with Crippen LogP contribution in [0.15, 0.2) is 22.2 Å². The highest BCUT2D eigenvalue weighted by Gasteiger charge is 1.96. The molecule has 0 atom stereocenters. The van der Waals surface area contributed by atoms with Gasteiger partial charge in [0.1, 0.15) is 6.61 Å². The molecule has 0 radical (unpaired) electrons. The van der Waals surface area contributed by atoms with Crippen LogP contribution in [0, 0.1) is 0 Å². The fraction of sp³-hybridized carbons (Fsp3) is 0.500. The van der Waals surface area contributed by atoms with Crippen LogP contribution < -0.4 is 5.43 Å². The summed E-state index contributed by atoms with van der Waals surface area (Å²) < 4.78 is 0. The Morgan fingerprint density at radius 3 is 3.00 bits per heavy atom. The standard InChI is InChI=1S/C12H18N2O3/c1-2-3-4-5-6-17-14-8-10-7-11(15)12(16)9-13-10/h7-9,16H,2-6H2,1H3,(H,13,15)/b14-8+. The Kier molecular flexibility index (Phi) is 5.85. The van der Waals surface area contributed by atoms with Crippen LogP contribution in [0.1, 0.15) is 38.3 Å². The number of oxime groups is 1. The molecule has 2 N–H and O–H groups in total. The maximum absolute atomic E-state index is 11.1. The van der Waals surface area contributed by atoms with E-state index in [-0.39, 0.29) is 5.75 Å². The van der Waals surface area contributed by atoms with Crippen LogP contribution in [0.25, 0.3) is 0 Å². The highest BCUT2D eigenvalue weighted by molar-refractivity contribution is 5.76. The first-order valence-electron chi connectivity index (χ1n) is 5.81. The van der Waals surface area contributed by atoms with E-state index in [0.717, 1.165) is 12.8 Å². The van der Waals surface area contributed by atoms with Crippen molar-refractivity contribution in [2.24, 2.45) is 5.16 Å². The molecule has 1 heterocycles. The van der Waals surface area contributed by atoms with Gasteiger partial charge >= 0.3 is 0 Å². The molecule has 1 aromatic heterocycles. The van der Waals surface area contributed by atoms with Crippen molar-refractivity contribution < 1.29 is 9.94 Å². The van der Waals surface area contributed by atoms with Gasteiger partial charge in [-0.15, -0.1) is 0 Å². The summed E-state index contributed by atoms with van der Waals surface area (Å²) in [6, 6.07) is 1.26. The molecule has 0 amide bonds. The van der Waals surface area contributed by atoms with Crippen molar-refractivity contribution in [1.29, 1.82) is 0 Å². The first kappa shape index (κ1) is 13.3. The zero-order valence-corrected chi connectivity index (χ0v) is 9.98. The Labute approximate surface area is 100 Å². The van der Waals surface area contributed by atoms with Gasteiger partial charge in [0.25, 0.3) is 0 Å². The Balaban J connectivity index is 2.28. The van der Waals surface area contributed by atoms with Gasteiger partial charge in [-0.2, -0.15) is 0 Å². The van der Waals surface area contributed by atoms with Gasteiger partial charge in [-0.25, -0.2) is 0 Å². The second-order valence-corrected chi connectivity index (χ2v) is 3.77. The zero-order chi connectivity index (χ0) is 12.5. The fourth-order valence-corrected chi connectivity index (χ4v) is 1.29. The number of hydrogen-bond acceptors (Lipinski definition) is 4. The van der Waals surface area contributed by atoms with Gasteiger partial charge in [0.2, 0.25) is 5.43 Å². The predicted octanol–water partition coefficient (Wildman–Crippen LogP) is 2.01. The maximum atomic E-state index is 11.1. The van der Waals surface area contributed by atoms with Gasteiger partial charge in [0.15, 0.2) is 5.75 Å². The quantitative estimate of drug-likeness (QED) is 0.433. The highest BCUT2D eigenvalue weighted by atomic mass is 16.6. The van der Waals surface area contributed by atoms with E-state index < -0.39 is 5.43 Å². The second-order valence-electron chi connectivity index (χ2n) is 3.77. The number of pyridine rings is 1. The first-order valence-corrected chi connectivity index (χ1v) is 5.81. The van der Waals surface area contributed by atoms with Crippen LogP contribution in [-0.2, 0) is 4.84 Å². The molecule has 0 aromatic carbocycles. The van der Waals surface area contributed by atoms with Crippen molar-refractivity contribution in [3.63, 3.8) is 0 Å². The summed E-state index contributed by atoms with van der Waals surface area (Å²) in [5.41, 5.74) is 0.0644. The molecular formula is C12H18N2O3. The normalized spacial score (nSPS) is 10.9. The summed E-state index contributed by atoms with van der Waals surface area (Å²) in [5.74, 6) is -0.303. The number of aromatic nitrogens is 1. The Morgan fingerprint density at radius 1 is 1.47 bits per heavy atom. The van der Waals surface area contributed by atoms with E-state index in [1.54, 1.807) is 0 Å². The average Bonchev–Trinajstić information content (AvgIpc) is 2.32. The van der Waals surface area contributed by atoms with Gasteiger partial charge in [-0.3, -0.25) is 4.79 Å². The van der Waals surface area contributed by atoms with Crippen LogP contribution in [0.4, 0.5) is 0 Å². The zero-order valence-electron chi connectivity index (χ0n) is 9.98. The molecule has 17 heavy (non-hydrogen) atoms. The topological polar surface area (TPSA) is 74.7 Å². The highest BCUT2D eigenvalue weighted by Crippen LogP contribution is 1.99. The molecule has 94 valence electrons. The maximum Gasteiger partial charge on any atom is 0.223 e. The van der Waals surface area contributed by atoms with E-state index in [4.69, 9.17) is 9.94 Å². The van der Waals surface area contributed by atoms with Crippen LogP contribution >= 0.6 is 0 Å². The minimum atomic E-state index is -0.437. The molecule has 1 aromatic rings. The van der Waals surface area contributed by atoms with E-state index in [2.05, 4.69) is 17.1 Å². The minimum absolute atomic E-state index is 0.303. The summed E-state index contributed by atoms with van der Waals surface area (Å²) in [5, 5.41) is 12.7. The number of aromatic hydroxyl groups is 1. The Bertz CT molecular complexity index is 412. The predicted molar refractivity (Wildman–Crippen MR) is 66.4 cm³/mol. The van der Waals surface area contributed by atoms with E-state index in [1.165, 1.54) is 31.3 Å². The molecule has 0 saturated heterocycles. The number of rotatable bonds is 7. The van der Waals surface area contributed by atoms with Gasteiger partial charge in [-0.05, 0) is 12.8 Å². The largest absolute Gasteiger partial charge is 0.503 e. The van der Waals surface area contributed by atoms with E-state index in [0.29, 0.717) is 12.3 Å². The minimum Gasteiger partial charge on any atom is -0.503 e. The van der Waals surface area contributed by atoms with E-state index >= 15 is 0 Å². The van der Waals surface area contributed by atoms with Crippen LogP contribution in [0.3, 0.4) is 0 Å². The molecule has 1 rings (SSSR count). The third-order valence-corrected chi connectivity index (χ3v) is 2.27. The van der Waals surface area contributed by atoms with Gasteiger partial charge in [0, 0.05) is 12.3 Å². The van der Waals surface area contributed by atoms with Gasteiger partial charge in [-0.1, -0.05) is 24.9 Å². The monoisotopic (exact) mass is 238 g/mol. The molecule has 0 fully saturated rings.